The van der Waals surface area contributed by atoms with Crippen LogP contribution >= 0.6 is 0 Å². The van der Waals surface area contributed by atoms with Gasteiger partial charge in [0.1, 0.15) is 0 Å². The minimum atomic E-state index is 0.987. The highest BCUT2D eigenvalue weighted by atomic mass is 14.0. The fraction of sp³-hybridized carbons (Fsp3) is 0.333. The van der Waals surface area contributed by atoms with E-state index in [9.17, 15) is 0 Å². The zero-order valence-electron chi connectivity index (χ0n) is 7.72. The van der Waals surface area contributed by atoms with Crippen molar-refractivity contribution in [1.29, 1.82) is 0 Å². The highest BCUT2D eigenvalue weighted by Crippen LogP contribution is 2.10. The van der Waals surface area contributed by atoms with E-state index < -0.39 is 0 Å². The van der Waals surface area contributed by atoms with Crippen molar-refractivity contribution in [3.63, 3.8) is 0 Å². The van der Waals surface area contributed by atoms with Crippen LogP contribution in [0.25, 0.3) is 0 Å². The predicted octanol–water partition coefficient (Wildman–Crippen LogP) is 3.48. The largest absolute Gasteiger partial charge is 0.115 e. The van der Waals surface area contributed by atoms with E-state index in [0.717, 1.165) is 19.3 Å². The third kappa shape index (κ3) is 5.56. The van der Waals surface area contributed by atoms with Gasteiger partial charge >= 0.3 is 0 Å². The topological polar surface area (TPSA) is 0 Å². The Balaban J connectivity index is 3.68. The normalized spacial score (nSPS) is 11.5. The van der Waals surface area contributed by atoms with E-state index in [1.807, 2.05) is 12.2 Å². The summed E-state index contributed by atoms with van der Waals surface area (Å²) >= 11 is 0. The summed E-state index contributed by atoms with van der Waals surface area (Å²) < 4.78 is 0. The summed E-state index contributed by atoms with van der Waals surface area (Å²) in [6.45, 7) is 5.76. The standard InChI is InChI=1S/C12H16/c1-4-7-8-9-11-12(6-3)10-5-2/h1,5-8H,2,9-11H2,3H3/b8-7-,12-6-. The number of allylic oxidation sites excluding steroid dienone is 5. The second kappa shape index (κ2) is 7.88. The summed E-state index contributed by atoms with van der Waals surface area (Å²) in [6, 6.07) is 0. The predicted molar refractivity (Wildman–Crippen MR) is 55.8 cm³/mol. The van der Waals surface area contributed by atoms with Gasteiger partial charge in [0.2, 0.25) is 0 Å². The molecule has 0 amide bonds. The third-order valence-electron chi connectivity index (χ3n) is 1.66. The van der Waals surface area contributed by atoms with Crippen LogP contribution in [0.1, 0.15) is 26.2 Å². The SMILES string of the molecule is C#C/C=C\CC/C(=C\C)CC=C. The van der Waals surface area contributed by atoms with Crippen molar-refractivity contribution in [3.05, 3.63) is 36.5 Å². The van der Waals surface area contributed by atoms with E-state index in [1.54, 1.807) is 6.08 Å². The van der Waals surface area contributed by atoms with E-state index in [2.05, 4.69) is 25.5 Å². The molecule has 0 bridgehead atoms. The van der Waals surface area contributed by atoms with Crippen molar-refractivity contribution in [2.45, 2.75) is 26.2 Å². The van der Waals surface area contributed by atoms with Crippen molar-refractivity contribution in [2.75, 3.05) is 0 Å². The first-order valence-corrected chi connectivity index (χ1v) is 4.21. The second-order valence-electron chi connectivity index (χ2n) is 2.55. The molecule has 12 heavy (non-hydrogen) atoms. The minimum absolute atomic E-state index is 0.987. The number of hydrogen-bond acceptors (Lipinski definition) is 0. The third-order valence-corrected chi connectivity index (χ3v) is 1.66. The van der Waals surface area contributed by atoms with Crippen molar-refractivity contribution in [3.8, 4) is 12.3 Å². The van der Waals surface area contributed by atoms with Crippen LogP contribution in [0.3, 0.4) is 0 Å². The van der Waals surface area contributed by atoms with E-state index in [4.69, 9.17) is 6.42 Å². The van der Waals surface area contributed by atoms with Crippen LogP contribution in [0.15, 0.2) is 36.5 Å². The lowest BCUT2D eigenvalue weighted by Gasteiger charge is -1.99. The van der Waals surface area contributed by atoms with Gasteiger partial charge in [0.05, 0.1) is 0 Å². The van der Waals surface area contributed by atoms with Crippen LogP contribution in [-0.2, 0) is 0 Å². The first-order chi connectivity index (χ1) is 5.85. The Kier molecular flexibility index (Phi) is 7.08. The molecule has 0 aromatic heterocycles. The number of terminal acetylenes is 1. The molecule has 0 heteroatoms. The molecular weight excluding hydrogens is 144 g/mol. The maximum atomic E-state index is 5.07. The number of rotatable bonds is 5. The number of hydrogen-bond donors (Lipinski definition) is 0. The second-order valence-corrected chi connectivity index (χ2v) is 2.55. The van der Waals surface area contributed by atoms with Crippen molar-refractivity contribution < 1.29 is 0 Å². The van der Waals surface area contributed by atoms with Crippen molar-refractivity contribution in [2.24, 2.45) is 0 Å². The van der Waals surface area contributed by atoms with E-state index in [1.165, 1.54) is 5.57 Å². The molecule has 0 aliphatic carbocycles. The molecule has 0 unspecified atom stereocenters. The Hall–Kier alpha value is -1.22. The molecular formula is C12H16. The van der Waals surface area contributed by atoms with Gasteiger partial charge < -0.3 is 0 Å². The summed E-state index contributed by atoms with van der Waals surface area (Å²) in [7, 11) is 0. The first kappa shape index (κ1) is 10.8. The lowest BCUT2D eigenvalue weighted by atomic mass is 10.1. The summed E-state index contributed by atoms with van der Waals surface area (Å²) in [6.07, 6.45) is 16.0. The van der Waals surface area contributed by atoms with Gasteiger partial charge in [-0.3, -0.25) is 0 Å². The molecule has 0 N–H and O–H groups in total. The molecule has 0 nitrogen and oxygen atoms in total. The quantitative estimate of drug-likeness (QED) is 0.426. The van der Waals surface area contributed by atoms with Gasteiger partial charge in [-0.1, -0.05) is 29.7 Å². The molecule has 0 atom stereocenters. The van der Waals surface area contributed by atoms with E-state index in [-0.39, 0.29) is 0 Å². The van der Waals surface area contributed by atoms with Gasteiger partial charge in [-0.05, 0) is 32.3 Å². The van der Waals surface area contributed by atoms with Crippen LogP contribution in [0.5, 0.6) is 0 Å². The summed E-state index contributed by atoms with van der Waals surface area (Å²) in [5.41, 5.74) is 1.42. The average Bonchev–Trinajstić information content (AvgIpc) is 2.10. The Bertz CT molecular complexity index is 211. The van der Waals surface area contributed by atoms with Gasteiger partial charge in [-0.25, -0.2) is 0 Å². The molecule has 0 heterocycles. The highest BCUT2D eigenvalue weighted by molar-refractivity contribution is 5.11. The maximum absolute atomic E-state index is 5.07. The minimum Gasteiger partial charge on any atom is -0.115 e. The molecule has 0 aromatic carbocycles. The molecule has 0 radical (unpaired) electrons. The van der Waals surface area contributed by atoms with Gasteiger partial charge in [0.15, 0.2) is 0 Å². The van der Waals surface area contributed by atoms with Crippen molar-refractivity contribution >= 4 is 0 Å². The molecule has 0 aliphatic heterocycles. The van der Waals surface area contributed by atoms with Crippen LogP contribution in [0.4, 0.5) is 0 Å². The average molecular weight is 160 g/mol. The summed E-state index contributed by atoms with van der Waals surface area (Å²) in [5, 5.41) is 0. The fourth-order valence-electron chi connectivity index (χ4n) is 0.970. The Morgan fingerprint density at radius 1 is 1.58 bits per heavy atom. The Labute approximate surface area is 75.7 Å². The summed E-state index contributed by atoms with van der Waals surface area (Å²) in [4.78, 5) is 0. The van der Waals surface area contributed by atoms with Gasteiger partial charge in [-0.2, -0.15) is 0 Å². The molecule has 0 aliphatic rings. The monoisotopic (exact) mass is 160 g/mol. The van der Waals surface area contributed by atoms with Crippen molar-refractivity contribution in [1.82, 2.24) is 0 Å². The van der Waals surface area contributed by atoms with Gasteiger partial charge in [0, 0.05) is 0 Å². The molecule has 0 spiro atoms. The van der Waals surface area contributed by atoms with E-state index >= 15 is 0 Å². The lowest BCUT2D eigenvalue weighted by molar-refractivity contribution is 0.937. The molecule has 0 aromatic rings. The Morgan fingerprint density at radius 2 is 2.33 bits per heavy atom. The maximum Gasteiger partial charge on any atom is -0.0142 e. The zero-order valence-corrected chi connectivity index (χ0v) is 7.72. The molecule has 0 fully saturated rings. The van der Waals surface area contributed by atoms with Crippen LogP contribution < -0.4 is 0 Å². The molecule has 0 saturated carbocycles. The van der Waals surface area contributed by atoms with E-state index in [0.29, 0.717) is 0 Å². The molecule has 0 saturated heterocycles. The Morgan fingerprint density at radius 3 is 2.83 bits per heavy atom. The van der Waals surface area contributed by atoms with Gasteiger partial charge in [-0.15, -0.1) is 13.0 Å². The molecule has 0 rings (SSSR count). The van der Waals surface area contributed by atoms with Gasteiger partial charge in [0.25, 0.3) is 0 Å². The molecule has 64 valence electrons. The summed E-state index contributed by atoms with van der Waals surface area (Å²) in [5.74, 6) is 2.47. The van der Waals surface area contributed by atoms with Crippen LogP contribution in [0.2, 0.25) is 0 Å². The smallest absolute Gasteiger partial charge is 0.0142 e. The zero-order chi connectivity index (χ0) is 9.23. The highest BCUT2D eigenvalue weighted by Gasteiger charge is 1.90. The van der Waals surface area contributed by atoms with Crippen LogP contribution in [-0.4, -0.2) is 0 Å². The fourth-order valence-corrected chi connectivity index (χ4v) is 0.970. The van der Waals surface area contributed by atoms with Crippen LogP contribution in [0, 0.1) is 12.3 Å². The lowest BCUT2D eigenvalue weighted by Crippen LogP contribution is -1.79. The first-order valence-electron chi connectivity index (χ1n) is 4.21.